The van der Waals surface area contributed by atoms with Crippen molar-refractivity contribution >= 4 is 39.8 Å². The Morgan fingerprint density at radius 3 is 2.56 bits per heavy atom. The summed E-state index contributed by atoms with van der Waals surface area (Å²) in [5.74, 6) is 0. The Labute approximate surface area is 107 Å². The van der Waals surface area contributed by atoms with Crippen molar-refractivity contribution in [2.24, 2.45) is 0 Å². The molecule has 0 radical (unpaired) electrons. The van der Waals surface area contributed by atoms with E-state index in [0.717, 1.165) is 16.5 Å². The summed E-state index contributed by atoms with van der Waals surface area (Å²) >= 11 is 0. The number of allylic oxidation sites excluding steroid dienone is 1. The third-order valence-corrected chi connectivity index (χ3v) is 6.64. The van der Waals surface area contributed by atoms with Crippen molar-refractivity contribution in [3.63, 3.8) is 0 Å². The Bertz CT molecular complexity index is 186. The lowest BCUT2D eigenvalue weighted by atomic mass is 10.2. The van der Waals surface area contributed by atoms with Crippen molar-refractivity contribution in [2.75, 3.05) is 0 Å². The van der Waals surface area contributed by atoms with Crippen LogP contribution in [0.4, 0.5) is 0 Å². The summed E-state index contributed by atoms with van der Waals surface area (Å²) in [7, 11) is -2.80. The van der Waals surface area contributed by atoms with E-state index in [2.05, 4.69) is 6.58 Å². The second-order valence-corrected chi connectivity index (χ2v) is 11.4. The zero-order chi connectivity index (χ0) is 12.4. The molecule has 0 heterocycles. The summed E-state index contributed by atoms with van der Waals surface area (Å²) in [6, 6.07) is 0.718. The minimum atomic E-state index is -1.80. The van der Waals surface area contributed by atoms with Gasteiger partial charge in [0.2, 0.25) is 0 Å². The third kappa shape index (κ3) is 10.9. The summed E-state index contributed by atoms with van der Waals surface area (Å²) in [4.78, 5) is 5.24. The van der Waals surface area contributed by atoms with Crippen LogP contribution in [-0.2, 0) is 21.8 Å². The zero-order valence-electron chi connectivity index (χ0n) is 10.5. The Hall–Kier alpha value is 0.408. The SMILES string of the molecule is C=CC[SiH](OOC(C)(C)C)O[SiH2]O[SiH2]O[SiH3]. The molecule has 96 valence electrons. The van der Waals surface area contributed by atoms with Crippen molar-refractivity contribution in [3.05, 3.63) is 12.7 Å². The smallest absolute Gasteiger partial charge is 0.355 e. The van der Waals surface area contributed by atoms with E-state index < -0.39 is 29.3 Å². The molecule has 0 rings (SSSR count). The van der Waals surface area contributed by atoms with Crippen LogP contribution in [0.15, 0.2) is 12.7 Å². The Balaban J connectivity index is 3.74. The van der Waals surface area contributed by atoms with E-state index >= 15 is 0 Å². The molecule has 0 aromatic heterocycles. The van der Waals surface area contributed by atoms with Crippen LogP contribution in [0, 0.1) is 0 Å². The average molecular weight is 299 g/mol. The van der Waals surface area contributed by atoms with Crippen LogP contribution < -0.4 is 0 Å². The van der Waals surface area contributed by atoms with E-state index in [1.54, 1.807) is 6.08 Å². The molecule has 9 heteroatoms. The number of hydrogen-bond acceptors (Lipinski definition) is 5. The quantitative estimate of drug-likeness (QED) is 0.170. The number of rotatable bonds is 9. The second-order valence-electron chi connectivity index (χ2n) is 4.14. The van der Waals surface area contributed by atoms with E-state index in [-0.39, 0.29) is 5.60 Å². The monoisotopic (exact) mass is 298 g/mol. The molecule has 0 saturated heterocycles. The van der Waals surface area contributed by atoms with E-state index in [9.17, 15) is 0 Å². The van der Waals surface area contributed by atoms with Gasteiger partial charge in [-0.05, 0) is 20.8 Å². The minimum Gasteiger partial charge on any atom is -0.449 e. The van der Waals surface area contributed by atoms with Gasteiger partial charge < -0.3 is 12.3 Å². The third-order valence-electron chi connectivity index (χ3n) is 1.30. The average Bonchev–Trinajstić information content (AvgIpc) is 2.19. The molecule has 0 saturated carbocycles. The van der Waals surface area contributed by atoms with Gasteiger partial charge in [0.1, 0.15) is 10.5 Å². The lowest BCUT2D eigenvalue weighted by molar-refractivity contribution is -0.287. The van der Waals surface area contributed by atoms with Gasteiger partial charge in [-0.1, -0.05) is 6.08 Å². The van der Waals surface area contributed by atoms with Gasteiger partial charge in [-0.15, -0.1) is 6.58 Å². The summed E-state index contributed by atoms with van der Waals surface area (Å²) < 4.78 is 21.3. The molecular formula is C7H22O5Si4. The maximum absolute atomic E-state index is 5.59. The molecular weight excluding hydrogens is 276 g/mol. The molecule has 0 aliphatic heterocycles. The fraction of sp³-hybridized carbons (Fsp3) is 0.714. The van der Waals surface area contributed by atoms with Crippen LogP contribution in [0.3, 0.4) is 0 Å². The van der Waals surface area contributed by atoms with E-state index in [1.807, 2.05) is 20.8 Å². The molecule has 0 aromatic carbocycles. The molecule has 0 fully saturated rings. The first-order valence-corrected chi connectivity index (χ1v) is 10.0. The molecule has 0 bridgehead atoms. The Morgan fingerprint density at radius 1 is 1.38 bits per heavy atom. The summed E-state index contributed by atoms with van der Waals surface area (Å²) in [5, 5.41) is 0. The maximum atomic E-state index is 5.59. The normalized spacial score (nSPS) is 15.4. The predicted octanol–water partition coefficient (Wildman–Crippen LogP) is -1.53. The molecule has 1 atom stereocenters. The second kappa shape index (κ2) is 9.44. The molecule has 0 amide bonds. The highest BCUT2D eigenvalue weighted by atomic mass is 28.4. The van der Waals surface area contributed by atoms with Gasteiger partial charge in [0.15, 0.2) is 0 Å². The number of hydrogen-bond donors (Lipinski definition) is 0. The van der Waals surface area contributed by atoms with Crippen LogP contribution in [-0.4, -0.2) is 45.4 Å². The first-order valence-electron chi connectivity index (χ1n) is 5.13. The van der Waals surface area contributed by atoms with Crippen LogP contribution in [0.5, 0.6) is 0 Å². The Morgan fingerprint density at radius 2 is 2.06 bits per heavy atom. The van der Waals surface area contributed by atoms with Gasteiger partial charge >= 0.3 is 9.28 Å². The zero-order valence-corrected chi connectivity index (χ0v) is 16.5. The lowest BCUT2D eigenvalue weighted by Gasteiger charge is -2.22. The topological polar surface area (TPSA) is 46.2 Å². The van der Waals surface area contributed by atoms with E-state index in [0.29, 0.717) is 0 Å². The first-order chi connectivity index (χ1) is 7.49. The molecule has 1 unspecified atom stereocenters. The van der Waals surface area contributed by atoms with Gasteiger partial charge in [-0.3, -0.25) is 4.58 Å². The van der Waals surface area contributed by atoms with Crippen LogP contribution in [0.25, 0.3) is 0 Å². The molecule has 0 aliphatic rings. The highest BCUT2D eigenvalue weighted by molar-refractivity contribution is 6.53. The van der Waals surface area contributed by atoms with Crippen molar-refractivity contribution in [2.45, 2.75) is 32.4 Å². The highest BCUT2D eigenvalue weighted by Crippen LogP contribution is 2.10. The van der Waals surface area contributed by atoms with E-state index in [1.165, 1.54) is 0 Å². The molecule has 0 aliphatic carbocycles. The highest BCUT2D eigenvalue weighted by Gasteiger charge is 2.18. The van der Waals surface area contributed by atoms with Crippen LogP contribution in [0.1, 0.15) is 20.8 Å². The van der Waals surface area contributed by atoms with E-state index in [4.69, 9.17) is 21.8 Å². The molecule has 5 nitrogen and oxygen atoms in total. The fourth-order valence-electron chi connectivity index (χ4n) is 0.711. The van der Waals surface area contributed by atoms with Gasteiger partial charge in [-0.25, -0.2) is 4.89 Å². The Kier molecular flexibility index (Phi) is 9.68. The molecule has 0 spiro atoms. The van der Waals surface area contributed by atoms with Gasteiger partial charge in [0.05, 0.1) is 5.60 Å². The fourth-order valence-corrected chi connectivity index (χ4v) is 6.52. The van der Waals surface area contributed by atoms with Crippen molar-refractivity contribution in [1.82, 2.24) is 0 Å². The molecule has 0 aromatic rings. The summed E-state index contributed by atoms with van der Waals surface area (Å²) in [6.07, 6.45) is 1.79. The lowest BCUT2D eigenvalue weighted by Crippen LogP contribution is -2.31. The maximum Gasteiger partial charge on any atom is 0.355 e. The standard InChI is InChI=1S/C7H22O5Si4/c1-5-6-16(9-8-7(2,3)4)12-15-11-14-10-13/h5,16H,1,6,14-15H2,2-4,13H3. The van der Waals surface area contributed by atoms with Crippen molar-refractivity contribution in [3.8, 4) is 0 Å². The van der Waals surface area contributed by atoms with Crippen LogP contribution >= 0.6 is 0 Å². The summed E-state index contributed by atoms with van der Waals surface area (Å²) in [5.41, 5.74) is -0.314. The largest absolute Gasteiger partial charge is 0.449 e. The van der Waals surface area contributed by atoms with Gasteiger partial charge in [0.25, 0.3) is 20.0 Å². The van der Waals surface area contributed by atoms with Gasteiger partial charge in [-0.2, -0.15) is 0 Å². The predicted molar refractivity (Wildman–Crippen MR) is 74.4 cm³/mol. The van der Waals surface area contributed by atoms with Crippen molar-refractivity contribution in [1.29, 1.82) is 0 Å². The van der Waals surface area contributed by atoms with Gasteiger partial charge in [0, 0.05) is 6.04 Å². The molecule has 0 N–H and O–H groups in total. The first kappa shape index (κ1) is 16.4. The van der Waals surface area contributed by atoms with Crippen LogP contribution in [0.2, 0.25) is 6.04 Å². The molecule has 16 heavy (non-hydrogen) atoms. The van der Waals surface area contributed by atoms with Crippen molar-refractivity contribution < 1.29 is 21.8 Å². The summed E-state index contributed by atoms with van der Waals surface area (Å²) in [6.45, 7) is 9.47. The minimum absolute atomic E-state index is 0.314.